The lowest BCUT2D eigenvalue weighted by Crippen LogP contribution is -2.00. The van der Waals surface area contributed by atoms with Gasteiger partial charge in [0.25, 0.3) is 0 Å². The van der Waals surface area contributed by atoms with E-state index in [0.29, 0.717) is 17.2 Å². The van der Waals surface area contributed by atoms with E-state index in [4.69, 9.17) is 0 Å². The molecule has 0 fully saturated rings. The quantitative estimate of drug-likeness (QED) is 0.585. The molecule has 128 valence electrons. The second-order valence-corrected chi connectivity index (χ2v) is 5.64. The summed E-state index contributed by atoms with van der Waals surface area (Å²) in [6, 6.07) is 10.3. The van der Waals surface area contributed by atoms with Crippen LogP contribution in [0.4, 0.5) is 11.5 Å². The van der Waals surface area contributed by atoms with E-state index in [2.05, 4.69) is 25.4 Å². The van der Waals surface area contributed by atoms with Crippen LogP contribution in [0.25, 0.3) is 22.3 Å². The zero-order valence-electron chi connectivity index (χ0n) is 13.8. The predicted molar refractivity (Wildman–Crippen MR) is 96.2 cm³/mol. The van der Waals surface area contributed by atoms with Crippen LogP contribution >= 0.6 is 0 Å². The Morgan fingerprint density at radius 1 is 1.15 bits per heavy atom. The number of hydrogen-bond acceptors (Lipinski definition) is 6. The molecule has 0 saturated carbocycles. The van der Waals surface area contributed by atoms with Gasteiger partial charge in [0.15, 0.2) is 5.65 Å². The Kier molecular flexibility index (Phi) is 3.77. The molecule has 0 bridgehead atoms. The van der Waals surface area contributed by atoms with Gasteiger partial charge in [-0.05, 0) is 30.3 Å². The summed E-state index contributed by atoms with van der Waals surface area (Å²) in [5, 5.41) is 17.7. The number of aromatic carboxylic acids is 1. The lowest BCUT2D eigenvalue weighted by molar-refractivity contribution is 0.0697. The monoisotopic (exact) mass is 346 g/mol. The molecule has 2 N–H and O–H groups in total. The highest BCUT2D eigenvalue weighted by Gasteiger charge is 2.17. The summed E-state index contributed by atoms with van der Waals surface area (Å²) in [4.78, 5) is 23.9. The van der Waals surface area contributed by atoms with Crippen LogP contribution in [0.5, 0.6) is 0 Å². The Morgan fingerprint density at radius 3 is 2.73 bits per heavy atom. The lowest BCUT2D eigenvalue weighted by atomic mass is 10.1. The number of carboxylic acid groups (broad SMARTS) is 1. The van der Waals surface area contributed by atoms with E-state index in [1.54, 1.807) is 35.3 Å². The summed E-state index contributed by atoms with van der Waals surface area (Å²) in [7, 11) is 1.81. The molecule has 0 spiro atoms. The number of anilines is 2. The van der Waals surface area contributed by atoms with Gasteiger partial charge in [0.1, 0.15) is 17.8 Å². The van der Waals surface area contributed by atoms with Crippen molar-refractivity contribution in [2.24, 2.45) is 7.05 Å². The molecule has 0 unspecified atom stereocenters. The van der Waals surface area contributed by atoms with Crippen LogP contribution in [-0.4, -0.2) is 35.8 Å². The third kappa shape index (κ3) is 2.73. The molecule has 0 atom stereocenters. The van der Waals surface area contributed by atoms with Crippen LogP contribution < -0.4 is 5.32 Å². The molecule has 0 aliphatic rings. The van der Waals surface area contributed by atoms with Crippen molar-refractivity contribution >= 4 is 28.5 Å². The van der Waals surface area contributed by atoms with Crippen LogP contribution in [0.1, 0.15) is 10.4 Å². The highest BCUT2D eigenvalue weighted by atomic mass is 16.4. The first-order valence-corrected chi connectivity index (χ1v) is 7.82. The average molecular weight is 346 g/mol. The first-order chi connectivity index (χ1) is 12.6. The molecule has 0 saturated heterocycles. The third-order valence-corrected chi connectivity index (χ3v) is 3.95. The van der Waals surface area contributed by atoms with Crippen LogP contribution in [0.3, 0.4) is 0 Å². The van der Waals surface area contributed by atoms with Crippen molar-refractivity contribution in [2.75, 3.05) is 5.32 Å². The number of rotatable bonds is 4. The number of hydrogen-bond donors (Lipinski definition) is 2. The van der Waals surface area contributed by atoms with Crippen molar-refractivity contribution < 1.29 is 9.90 Å². The summed E-state index contributed by atoms with van der Waals surface area (Å²) < 4.78 is 1.69. The molecule has 8 heteroatoms. The minimum absolute atomic E-state index is 0.195. The van der Waals surface area contributed by atoms with Gasteiger partial charge in [-0.2, -0.15) is 5.10 Å². The predicted octanol–water partition coefficient (Wildman–Crippen LogP) is 2.87. The maximum atomic E-state index is 11.2. The van der Waals surface area contributed by atoms with E-state index in [9.17, 15) is 9.90 Å². The van der Waals surface area contributed by atoms with Crippen molar-refractivity contribution in [3.8, 4) is 11.3 Å². The maximum Gasteiger partial charge on any atom is 0.335 e. The van der Waals surface area contributed by atoms with Gasteiger partial charge in [-0.15, -0.1) is 0 Å². The zero-order valence-corrected chi connectivity index (χ0v) is 13.8. The standard InChI is InChI=1S/C18H14N6O2/c1-24-17-14(15(23-24)11-5-7-19-8-6-11)16(20-10-21-17)22-13-4-2-3-12(9-13)18(25)26/h2-10H,1H3,(H,25,26)(H,20,21,22). The van der Waals surface area contributed by atoms with Crippen LogP contribution in [0.15, 0.2) is 55.1 Å². The number of pyridine rings is 1. The van der Waals surface area contributed by atoms with Gasteiger partial charge in [0.05, 0.1) is 10.9 Å². The molecule has 3 heterocycles. The SMILES string of the molecule is Cn1nc(-c2ccncc2)c2c(Nc3cccc(C(=O)O)c3)ncnc21. The molecular weight excluding hydrogens is 332 g/mol. The molecule has 4 aromatic rings. The first kappa shape index (κ1) is 15.7. The lowest BCUT2D eigenvalue weighted by Gasteiger charge is -2.08. The van der Waals surface area contributed by atoms with Crippen molar-refractivity contribution in [2.45, 2.75) is 0 Å². The maximum absolute atomic E-state index is 11.2. The fourth-order valence-corrected chi connectivity index (χ4v) is 2.76. The van der Waals surface area contributed by atoms with Gasteiger partial charge in [-0.25, -0.2) is 19.4 Å². The van der Waals surface area contributed by atoms with E-state index in [1.807, 2.05) is 19.2 Å². The van der Waals surface area contributed by atoms with E-state index < -0.39 is 5.97 Å². The Balaban J connectivity index is 1.86. The van der Waals surface area contributed by atoms with Gasteiger partial charge in [-0.3, -0.25) is 4.98 Å². The minimum atomic E-state index is -0.986. The average Bonchev–Trinajstić information content (AvgIpc) is 3.01. The minimum Gasteiger partial charge on any atom is -0.478 e. The first-order valence-electron chi connectivity index (χ1n) is 7.82. The smallest absolute Gasteiger partial charge is 0.335 e. The van der Waals surface area contributed by atoms with E-state index in [1.165, 1.54) is 12.4 Å². The summed E-state index contributed by atoms with van der Waals surface area (Å²) in [6.45, 7) is 0. The van der Waals surface area contributed by atoms with E-state index in [-0.39, 0.29) is 5.56 Å². The normalized spacial score (nSPS) is 10.8. The number of carboxylic acids is 1. The topological polar surface area (TPSA) is 106 Å². The summed E-state index contributed by atoms with van der Waals surface area (Å²) >= 11 is 0. The van der Waals surface area contributed by atoms with Crippen LogP contribution in [-0.2, 0) is 7.05 Å². The summed E-state index contributed by atoms with van der Waals surface area (Å²) in [6.07, 6.45) is 4.84. The van der Waals surface area contributed by atoms with Gasteiger partial charge in [-0.1, -0.05) is 6.07 Å². The van der Waals surface area contributed by atoms with Gasteiger partial charge in [0, 0.05) is 30.7 Å². The third-order valence-electron chi connectivity index (χ3n) is 3.95. The molecule has 26 heavy (non-hydrogen) atoms. The highest BCUT2D eigenvalue weighted by Crippen LogP contribution is 2.32. The molecular formula is C18H14N6O2. The second-order valence-electron chi connectivity index (χ2n) is 5.64. The molecule has 3 aromatic heterocycles. The largest absolute Gasteiger partial charge is 0.478 e. The molecule has 1 aromatic carbocycles. The number of nitrogens with zero attached hydrogens (tertiary/aromatic N) is 5. The van der Waals surface area contributed by atoms with E-state index in [0.717, 1.165) is 16.6 Å². The van der Waals surface area contributed by atoms with Crippen molar-refractivity contribution in [3.63, 3.8) is 0 Å². The van der Waals surface area contributed by atoms with Crippen LogP contribution in [0, 0.1) is 0 Å². The number of aromatic nitrogens is 5. The van der Waals surface area contributed by atoms with Gasteiger partial charge < -0.3 is 10.4 Å². The number of aryl methyl sites for hydroxylation is 1. The fraction of sp³-hybridized carbons (Fsp3) is 0.0556. The van der Waals surface area contributed by atoms with E-state index >= 15 is 0 Å². The molecule has 4 rings (SSSR count). The Hall–Kier alpha value is -3.81. The van der Waals surface area contributed by atoms with Crippen LogP contribution in [0.2, 0.25) is 0 Å². The fourth-order valence-electron chi connectivity index (χ4n) is 2.76. The number of nitrogens with one attached hydrogen (secondary N) is 1. The van der Waals surface area contributed by atoms with Crippen molar-refractivity contribution in [1.82, 2.24) is 24.7 Å². The summed E-state index contributed by atoms with van der Waals surface area (Å²) in [5.74, 6) is -0.433. The molecule has 0 radical (unpaired) electrons. The Morgan fingerprint density at radius 2 is 1.96 bits per heavy atom. The van der Waals surface area contributed by atoms with Gasteiger partial charge in [0.2, 0.25) is 0 Å². The molecule has 8 nitrogen and oxygen atoms in total. The Bertz CT molecular complexity index is 1110. The van der Waals surface area contributed by atoms with Crippen molar-refractivity contribution in [3.05, 3.63) is 60.7 Å². The summed E-state index contributed by atoms with van der Waals surface area (Å²) in [5.41, 5.74) is 3.10. The zero-order chi connectivity index (χ0) is 18.1. The number of fused-ring (bicyclic) bond motifs is 1. The molecule has 0 aliphatic carbocycles. The number of carbonyl (C=O) groups is 1. The van der Waals surface area contributed by atoms with Crippen molar-refractivity contribution in [1.29, 1.82) is 0 Å². The van der Waals surface area contributed by atoms with Gasteiger partial charge >= 0.3 is 5.97 Å². The second kappa shape index (κ2) is 6.25. The molecule has 0 aliphatic heterocycles. The highest BCUT2D eigenvalue weighted by molar-refractivity contribution is 6.00. The number of benzene rings is 1. The Labute approximate surface area is 148 Å². The molecule has 0 amide bonds.